The van der Waals surface area contributed by atoms with E-state index in [1.54, 1.807) is 13.0 Å². The molecule has 0 fully saturated rings. The number of halogens is 1. The summed E-state index contributed by atoms with van der Waals surface area (Å²) in [5, 5.41) is 12.9. The predicted octanol–water partition coefficient (Wildman–Crippen LogP) is 3.91. The van der Waals surface area contributed by atoms with Crippen molar-refractivity contribution in [2.75, 3.05) is 5.32 Å². The average Bonchev–Trinajstić information content (AvgIpc) is 2.38. The third-order valence-corrected chi connectivity index (χ3v) is 3.19. The summed E-state index contributed by atoms with van der Waals surface area (Å²) < 4.78 is 0. The summed E-state index contributed by atoms with van der Waals surface area (Å²) in [4.78, 5) is 15.3. The minimum absolute atomic E-state index is 0.00297. The van der Waals surface area contributed by atoms with Crippen LogP contribution in [0.25, 0.3) is 0 Å². The number of hydrogen-bond acceptors (Lipinski definition) is 3. The van der Waals surface area contributed by atoms with E-state index in [1.165, 1.54) is 6.07 Å². The van der Waals surface area contributed by atoms with Gasteiger partial charge >= 0.3 is 5.97 Å². The molecule has 0 amide bonds. The van der Waals surface area contributed by atoms with Crippen LogP contribution in [0.4, 0.5) is 5.82 Å². The molecule has 0 bridgehead atoms. The minimum atomic E-state index is -0.960. The largest absolute Gasteiger partial charge is 0.478 e. The maximum absolute atomic E-state index is 11.0. The van der Waals surface area contributed by atoms with Crippen LogP contribution in [-0.2, 0) is 0 Å². The highest BCUT2D eigenvalue weighted by molar-refractivity contribution is 6.30. The molecule has 0 aliphatic heterocycles. The van der Waals surface area contributed by atoms with Gasteiger partial charge in [-0.1, -0.05) is 23.7 Å². The Morgan fingerprint density at radius 2 is 1.95 bits per heavy atom. The molecule has 2 N–H and O–H groups in total. The number of aryl methyl sites for hydroxylation is 1. The highest BCUT2D eigenvalue weighted by atomic mass is 35.5. The van der Waals surface area contributed by atoms with E-state index in [2.05, 4.69) is 10.3 Å². The van der Waals surface area contributed by atoms with Gasteiger partial charge < -0.3 is 10.4 Å². The van der Waals surface area contributed by atoms with Crippen molar-refractivity contribution in [2.45, 2.75) is 19.9 Å². The summed E-state index contributed by atoms with van der Waals surface area (Å²) in [6.07, 6.45) is 0. The van der Waals surface area contributed by atoms with Crippen LogP contribution >= 0.6 is 11.6 Å². The molecule has 1 aromatic carbocycles. The molecule has 5 heteroatoms. The predicted molar refractivity (Wildman–Crippen MR) is 79.4 cm³/mol. The normalized spacial score (nSPS) is 11.9. The zero-order chi connectivity index (χ0) is 14.7. The van der Waals surface area contributed by atoms with Crippen molar-refractivity contribution >= 4 is 23.4 Å². The van der Waals surface area contributed by atoms with Gasteiger partial charge in [-0.05, 0) is 43.7 Å². The molecule has 0 radical (unpaired) electrons. The fourth-order valence-electron chi connectivity index (χ4n) is 1.92. The van der Waals surface area contributed by atoms with Crippen LogP contribution in [0.15, 0.2) is 36.4 Å². The van der Waals surface area contributed by atoms with Crippen molar-refractivity contribution in [3.8, 4) is 0 Å². The standard InChI is InChI=1S/C15H15ClN2O2/c1-9-7-12(15(19)20)8-14(17-9)18-10(2)11-3-5-13(16)6-4-11/h3-8,10H,1-2H3,(H,17,18)(H,19,20). The lowest BCUT2D eigenvalue weighted by Gasteiger charge is -2.16. The molecule has 1 heterocycles. The van der Waals surface area contributed by atoms with Crippen molar-refractivity contribution < 1.29 is 9.90 Å². The smallest absolute Gasteiger partial charge is 0.335 e. The molecule has 20 heavy (non-hydrogen) atoms. The summed E-state index contributed by atoms with van der Waals surface area (Å²) in [5.41, 5.74) is 1.94. The number of pyridine rings is 1. The van der Waals surface area contributed by atoms with Gasteiger partial charge in [0.2, 0.25) is 0 Å². The van der Waals surface area contributed by atoms with Crippen LogP contribution in [0.1, 0.15) is 34.6 Å². The van der Waals surface area contributed by atoms with Gasteiger partial charge in [0.05, 0.1) is 5.56 Å². The van der Waals surface area contributed by atoms with Crippen LogP contribution in [-0.4, -0.2) is 16.1 Å². The van der Waals surface area contributed by atoms with Gasteiger partial charge in [0.25, 0.3) is 0 Å². The summed E-state index contributed by atoms with van der Waals surface area (Å²) in [7, 11) is 0. The molecule has 4 nitrogen and oxygen atoms in total. The number of anilines is 1. The quantitative estimate of drug-likeness (QED) is 0.896. The SMILES string of the molecule is Cc1cc(C(=O)O)cc(NC(C)c2ccc(Cl)cc2)n1. The Balaban J connectivity index is 2.21. The van der Waals surface area contributed by atoms with Crippen molar-refractivity contribution in [1.82, 2.24) is 4.98 Å². The number of rotatable bonds is 4. The Hall–Kier alpha value is -2.07. The summed E-state index contributed by atoms with van der Waals surface area (Å²) in [5.74, 6) is -0.414. The van der Waals surface area contributed by atoms with Gasteiger partial charge in [0.1, 0.15) is 5.82 Å². The molecule has 1 aromatic heterocycles. The van der Waals surface area contributed by atoms with Gasteiger partial charge in [0.15, 0.2) is 0 Å². The second-order valence-electron chi connectivity index (χ2n) is 4.61. The Bertz CT molecular complexity index is 626. The molecule has 104 valence electrons. The molecule has 2 rings (SSSR count). The Labute approximate surface area is 122 Å². The van der Waals surface area contributed by atoms with Crippen LogP contribution < -0.4 is 5.32 Å². The van der Waals surface area contributed by atoms with Gasteiger partial charge in [-0.15, -0.1) is 0 Å². The number of aromatic nitrogens is 1. The third kappa shape index (κ3) is 3.48. The van der Waals surface area contributed by atoms with Gasteiger partial charge in [-0.2, -0.15) is 0 Å². The molecule has 0 spiro atoms. The number of carboxylic acids is 1. The third-order valence-electron chi connectivity index (χ3n) is 2.93. The summed E-state index contributed by atoms with van der Waals surface area (Å²) in [6, 6.07) is 10.6. The van der Waals surface area contributed by atoms with Crippen LogP contribution in [0.2, 0.25) is 5.02 Å². The number of aromatic carboxylic acids is 1. The summed E-state index contributed by atoms with van der Waals surface area (Å²) in [6.45, 7) is 3.75. The molecule has 2 aromatic rings. The van der Waals surface area contributed by atoms with Crippen LogP contribution in [0, 0.1) is 6.92 Å². The lowest BCUT2D eigenvalue weighted by molar-refractivity contribution is 0.0696. The van der Waals surface area contributed by atoms with Gasteiger partial charge in [0, 0.05) is 16.8 Å². The Kier molecular flexibility index (Phi) is 4.25. The monoisotopic (exact) mass is 290 g/mol. The molecular formula is C15H15ClN2O2. The first kappa shape index (κ1) is 14.3. The lowest BCUT2D eigenvalue weighted by Crippen LogP contribution is -2.09. The number of carbonyl (C=O) groups is 1. The molecule has 0 aliphatic carbocycles. The van der Waals surface area contributed by atoms with E-state index < -0.39 is 5.97 Å². The van der Waals surface area contributed by atoms with Gasteiger partial charge in [-0.3, -0.25) is 0 Å². The molecule has 1 unspecified atom stereocenters. The first-order valence-electron chi connectivity index (χ1n) is 6.19. The fourth-order valence-corrected chi connectivity index (χ4v) is 2.05. The minimum Gasteiger partial charge on any atom is -0.478 e. The molecule has 1 atom stereocenters. The maximum atomic E-state index is 11.0. The first-order valence-corrected chi connectivity index (χ1v) is 6.57. The zero-order valence-corrected chi connectivity index (χ0v) is 12.0. The molecular weight excluding hydrogens is 276 g/mol. The first-order chi connectivity index (χ1) is 9.45. The number of benzene rings is 1. The van der Waals surface area contributed by atoms with E-state index in [0.717, 1.165) is 5.56 Å². The number of carboxylic acid groups (broad SMARTS) is 1. The van der Waals surface area contributed by atoms with Crippen LogP contribution in [0.3, 0.4) is 0 Å². The van der Waals surface area contributed by atoms with E-state index in [9.17, 15) is 4.79 Å². The van der Waals surface area contributed by atoms with E-state index in [4.69, 9.17) is 16.7 Å². The van der Waals surface area contributed by atoms with Crippen LogP contribution in [0.5, 0.6) is 0 Å². The highest BCUT2D eigenvalue weighted by Crippen LogP contribution is 2.21. The Morgan fingerprint density at radius 3 is 2.55 bits per heavy atom. The van der Waals surface area contributed by atoms with Crippen molar-refractivity contribution in [1.29, 1.82) is 0 Å². The molecule has 0 saturated carbocycles. The van der Waals surface area contributed by atoms with E-state index >= 15 is 0 Å². The molecule has 0 saturated heterocycles. The Morgan fingerprint density at radius 1 is 1.30 bits per heavy atom. The van der Waals surface area contributed by atoms with E-state index in [0.29, 0.717) is 16.5 Å². The lowest BCUT2D eigenvalue weighted by atomic mass is 10.1. The average molecular weight is 291 g/mol. The number of hydrogen-bond donors (Lipinski definition) is 2. The number of nitrogens with one attached hydrogen (secondary N) is 1. The second-order valence-corrected chi connectivity index (χ2v) is 5.04. The fraction of sp³-hybridized carbons (Fsp3) is 0.200. The highest BCUT2D eigenvalue weighted by Gasteiger charge is 2.10. The van der Waals surface area contributed by atoms with E-state index in [1.807, 2.05) is 31.2 Å². The van der Waals surface area contributed by atoms with Crippen molar-refractivity contribution in [2.24, 2.45) is 0 Å². The molecule has 0 aliphatic rings. The second kappa shape index (κ2) is 5.92. The van der Waals surface area contributed by atoms with E-state index in [-0.39, 0.29) is 11.6 Å². The summed E-state index contributed by atoms with van der Waals surface area (Å²) >= 11 is 5.85. The van der Waals surface area contributed by atoms with Crippen molar-refractivity contribution in [3.05, 3.63) is 58.2 Å². The topological polar surface area (TPSA) is 62.2 Å². The number of nitrogens with zero attached hydrogens (tertiary/aromatic N) is 1. The van der Waals surface area contributed by atoms with Crippen molar-refractivity contribution in [3.63, 3.8) is 0 Å². The zero-order valence-electron chi connectivity index (χ0n) is 11.2. The van der Waals surface area contributed by atoms with Gasteiger partial charge in [-0.25, -0.2) is 9.78 Å². The maximum Gasteiger partial charge on any atom is 0.335 e.